The molecule has 0 fully saturated rings. The third-order valence-electron chi connectivity index (χ3n) is 1.35. The third-order valence-corrected chi connectivity index (χ3v) is 1.35. The topological polar surface area (TPSA) is 9.23 Å². The molecule has 0 aromatic carbocycles. The second kappa shape index (κ2) is 4.19. The minimum absolute atomic E-state index is 1.18. The van der Waals surface area contributed by atoms with Crippen molar-refractivity contribution in [3.05, 3.63) is 23.5 Å². The molecule has 0 aromatic heterocycles. The summed E-state index contributed by atoms with van der Waals surface area (Å²) in [5.41, 5.74) is 2.44. The largest absolute Gasteiger partial charge is 0.504 e. The molecule has 0 aromatic rings. The van der Waals surface area contributed by atoms with E-state index in [1.54, 1.807) is 13.4 Å². The Morgan fingerprint density at radius 2 is 1.78 bits per heavy atom. The van der Waals surface area contributed by atoms with Gasteiger partial charge in [-0.25, -0.2) is 0 Å². The molecule has 0 atom stereocenters. The van der Waals surface area contributed by atoms with Crippen LogP contribution in [0.5, 0.6) is 0 Å². The summed E-state index contributed by atoms with van der Waals surface area (Å²) in [6, 6.07) is 0. The number of rotatable bonds is 2. The molecule has 0 aliphatic rings. The van der Waals surface area contributed by atoms with Crippen LogP contribution in [-0.4, -0.2) is 7.11 Å². The zero-order chi connectivity index (χ0) is 7.28. The van der Waals surface area contributed by atoms with Gasteiger partial charge in [0.05, 0.1) is 13.4 Å². The van der Waals surface area contributed by atoms with E-state index in [-0.39, 0.29) is 0 Å². The van der Waals surface area contributed by atoms with E-state index >= 15 is 0 Å². The molecule has 0 unspecified atom stereocenters. The normalized spacial score (nSPS) is 13.8. The van der Waals surface area contributed by atoms with Gasteiger partial charge in [0, 0.05) is 0 Å². The first-order valence-electron chi connectivity index (χ1n) is 3.05. The monoisotopic (exact) mass is 126 g/mol. The fourth-order valence-corrected chi connectivity index (χ4v) is 0.497. The molecular formula is C8H14O. The molecule has 0 amide bonds. The van der Waals surface area contributed by atoms with Crippen LogP contribution in [0.1, 0.15) is 20.8 Å². The molecular weight excluding hydrogens is 112 g/mol. The number of hydrogen-bond donors (Lipinski definition) is 0. The fourth-order valence-electron chi connectivity index (χ4n) is 0.497. The van der Waals surface area contributed by atoms with Crippen LogP contribution in [-0.2, 0) is 4.74 Å². The average molecular weight is 126 g/mol. The Labute approximate surface area is 57.0 Å². The third kappa shape index (κ3) is 2.96. The van der Waals surface area contributed by atoms with Gasteiger partial charge in [0.2, 0.25) is 0 Å². The summed E-state index contributed by atoms with van der Waals surface area (Å²) in [5, 5.41) is 0. The van der Waals surface area contributed by atoms with Crippen molar-refractivity contribution in [2.75, 3.05) is 7.11 Å². The summed E-state index contributed by atoms with van der Waals surface area (Å²) in [4.78, 5) is 0. The zero-order valence-corrected chi connectivity index (χ0v) is 6.56. The van der Waals surface area contributed by atoms with E-state index in [0.717, 1.165) is 0 Å². The van der Waals surface area contributed by atoms with Gasteiger partial charge in [-0.15, -0.1) is 0 Å². The second-order valence-electron chi connectivity index (χ2n) is 2.01. The lowest BCUT2D eigenvalue weighted by atomic mass is 10.1. The highest BCUT2D eigenvalue weighted by Crippen LogP contribution is 2.06. The van der Waals surface area contributed by atoms with E-state index in [9.17, 15) is 0 Å². The maximum Gasteiger partial charge on any atom is 0.0856 e. The molecule has 0 N–H and O–H groups in total. The van der Waals surface area contributed by atoms with Gasteiger partial charge in [-0.1, -0.05) is 6.08 Å². The van der Waals surface area contributed by atoms with Crippen LogP contribution < -0.4 is 0 Å². The average Bonchev–Trinajstić information content (AvgIpc) is 1.87. The van der Waals surface area contributed by atoms with Crippen molar-refractivity contribution < 1.29 is 4.74 Å². The summed E-state index contributed by atoms with van der Waals surface area (Å²) in [6.07, 6.45) is 3.81. The molecule has 0 bridgehead atoms. The van der Waals surface area contributed by atoms with Gasteiger partial charge >= 0.3 is 0 Å². The van der Waals surface area contributed by atoms with Crippen molar-refractivity contribution in [2.45, 2.75) is 20.8 Å². The highest BCUT2D eigenvalue weighted by Gasteiger charge is 1.87. The predicted molar refractivity (Wildman–Crippen MR) is 40.2 cm³/mol. The highest BCUT2D eigenvalue weighted by atomic mass is 16.5. The van der Waals surface area contributed by atoms with E-state index in [1.807, 2.05) is 13.8 Å². The van der Waals surface area contributed by atoms with Crippen molar-refractivity contribution in [3.8, 4) is 0 Å². The number of methoxy groups -OCH3 is 1. The van der Waals surface area contributed by atoms with Crippen molar-refractivity contribution >= 4 is 0 Å². The molecule has 1 heteroatoms. The zero-order valence-electron chi connectivity index (χ0n) is 6.56. The van der Waals surface area contributed by atoms with Gasteiger partial charge < -0.3 is 4.74 Å². The van der Waals surface area contributed by atoms with Crippen molar-refractivity contribution in [3.63, 3.8) is 0 Å². The van der Waals surface area contributed by atoms with E-state index < -0.39 is 0 Å². The standard InChI is InChI=1S/C8H14O/c1-5-7(2)8(3)6-9-4/h5-6H,1-4H3/b7-5-,8-6-. The van der Waals surface area contributed by atoms with E-state index in [2.05, 4.69) is 13.0 Å². The molecule has 0 saturated carbocycles. The lowest BCUT2D eigenvalue weighted by Crippen LogP contribution is -1.79. The van der Waals surface area contributed by atoms with Gasteiger partial charge in [-0.2, -0.15) is 0 Å². The quantitative estimate of drug-likeness (QED) is 0.408. The number of allylic oxidation sites excluding steroid dienone is 3. The minimum atomic E-state index is 1.18. The van der Waals surface area contributed by atoms with Crippen LogP contribution in [0, 0.1) is 0 Å². The molecule has 1 nitrogen and oxygen atoms in total. The fraction of sp³-hybridized carbons (Fsp3) is 0.500. The lowest BCUT2D eigenvalue weighted by Gasteiger charge is -1.97. The molecule has 0 aliphatic carbocycles. The Hall–Kier alpha value is -0.720. The molecule has 0 rings (SSSR count). The maximum absolute atomic E-state index is 4.82. The van der Waals surface area contributed by atoms with Gasteiger partial charge in [-0.05, 0) is 31.9 Å². The molecule has 9 heavy (non-hydrogen) atoms. The van der Waals surface area contributed by atoms with Crippen LogP contribution in [0.2, 0.25) is 0 Å². The molecule has 0 spiro atoms. The maximum atomic E-state index is 4.82. The van der Waals surface area contributed by atoms with Crippen molar-refractivity contribution in [2.24, 2.45) is 0 Å². The summed E-state index contributed by atoms with van der Waals surface area (Å²) in [6.45, 7) is 6.10. The summed E-state index contributed by atoms with van der Waals surface area (Å²) >= 11 is 0. The Morgan fingerprint density at radius 1 is 1.22 bits per heavy atom. The number of ether oxygens (including phenoxy) is 1. The molecule has 0 heterocycles. The molecule has 0 aliphatic heterocycles. The molecule has 0 saturated heterocycles. The Morgan fingerprint density at radius 3 is 2.11 bits per heavy atom. The van der Waals surface area contributed by atoms with E-state index in [4.69, 9.17) is 4.74 Å². The van der Waals surface area contributed by atoms with Crippen molar-refractivity contribution in [1.29, 1.82) is 0 Å². The summed E-state index contributed by atoms with van der Waals surface area (Å²) < 4.78 is 4.82. The Kier molecular flexibility index (Phi) is 3.85. The van der Waals surface area contributed by atoms with Gasteiger partial charge in [-0.3, -0.25) is 0 Å². The smallest absolute Gasteiger partial charge is 0.0856 e. The van der Waals surface area contributed by atoms with E-state index in [1.165, 1.54) is 11.1 Å². The van der Waals surface area contributed by atoms with Gasteiger partial charge in [0.25, 0.3) is 0 Å². The molecule has 52 valence electrons. The molecule has 0 radical (unpaired) electrons. The highest BCUT2D eigenvalue weighted by molar-refractivity contribution is 5.24. The van der Waals surface area contributed by atoms with Crippen LogP contribution in [0.4, 0.5) is 0 Å². The Balaban J connectivity index is 4.03. The minimum Gasteiger partial charge on any atom is -0.504 e. The number of hydrogen-bond acceptors (Lipinski definition) is 1. The SMILES string of the molecule is C/C=C(C)\C(C)=C/OC. The first kappa shape index (κ1) is 8.28. The van der Waals surface area contributed by atoms with Crippen LogP contribution in [0.3, 0.4) is 0 Å². The Bertz CT molecular complexity index is 132. The first-order chi connectivity index (χ1) is 4.22. The lowest BCUT2D eigenvalue weighted by molar-refractivity contribution is 0.334. The summed E-state index contributed by atoms with van der Waals surface area (Å²) in [7, 11) is 1.66. The van der Waals surface area contributed by atoms with Crippen LogP contribution in [0.25, 0.3) is 0 Å². The second-order valence-corrected chi connectivity index (χ2v) is 2.01. The first-order valence-corrected chi connectivity index (χ1v) is 3.05. The van der Waals surface area contributed by atoms with Crippen LogP contribution in [0.15, 0.2) is 23.5 Å². The van der Waals surface area contributed by atoms with Crippen molar-refractivity contribution in [1.82, 2.24) is 0 Å². The van der Waals surface area contributed by atoms with Gasteiger partial charge in [0.15, 0.2) is 0 Å². The predicted octanol–water partition coefficient (Wildman–Crippen LogP) is 2.50. The van der Waals surface area contributed by atoms with E-state index in [0.29, 0.717) is 0 Å². The van der Waals surface area contributed by atoms with Gasteiger partial charge in [0.1, 0.15) is 0 Å². The summed E-state index contributed by atoms with van der Waals surface area (Å²) in [5.74, 6) is 0. The van der Waals surface area contributed by atoms with Crippen LogP contribution >= 0.6 is 0 Å².